The molecule has 0 aromatic carbocycles. The summed E-state index contributed by atoms with van der Waals surface area (Å²) in [5, 5.41) is 16.5. The van der Waals surface area contributed by atoms with Crippen molar-refractivity contribution in [3.05, 3.63) is 23.0 Å². The zero-order chi connectivity index (χ0) is 15.7. The van der Waals surface area contributed by atoms with Gasteiger partial charge in [-0.15, -0.1) is 0 Å². The molecule has 1 aliphatic carbocycles. The average molecular weight is 303 g/mol. The van der Waals surface area contributed by atoms with E-state index in [2.05, 4.69) is 15.5 Å². The Morgan fingerprint density at radius 3 is 2.91 bits per heavy atom. The molecule has 0 atom stereocenters. The first-order valence-corrected chi connectivity index (χ1v) is 7.81. The summed E-state index contributed by atoms with van der Waals surface area (Å²) in [6, 6.07) is 1.87. The van der Waals surface area contributed by atoms with E-state index in [1.165, 1.54) is 0 Å². The van der Waals surface area contributed by atoms with Crippen LogP contribution in [0, 0.1) is 0 Å². The van der Waals surface area contributed by atoms with E-state index in [1.807, 2.05) is 19.9 Å². The molecule has 22 heavy (non-hydrogen) atoms. The van der Waals surface area contributed by atoms with Crippen molar-refractivity contribution in [3.63, 3.8) is 0 Å². The first kappa shape index (κ1) is 15.0. The molecule has 3 rings (SSSR count). The molecule has 0 spiro atoms. The Balaban J connectivity index is 2.03. The summed E-state index contributed by atoms with van der Waals surface area (Å²) in [6.45, 7) is 4.53. The zero-order valence-electron chi connectivity index (χ0n) is 12.9. The van der Waals surface area contributed by atoms with Crippen molar-refractivity contribution >= 4 is 17.0 Å². The number of fused-ring (bicyclic) bond motifs is 1. The molecule has 2 aromatic heterocycles. The molecule has 0 saturated heterocycles. The summed E-state index contributed by atoms with van der Waals surface area (Å²) in [4.78, 5) is 17.0. The SMILES string of the molecule is CC(C)c1noc2nc(C3CC3)cc(C(=O)NCCCO)c12. The van der Waals surface area contributed by atoms with Gasteiger partial charge in [0.1, 0.15) is 0 Å². The van der Waals surface area contributed by atoms with Crippen LogP contribution in [0.4, 0.5) is 0 Å². The van der Waals surface area contributed by atoms with E-state index in [1.54, 1.807) is 0 Å². The topological polar surface area (TPSA) is 88.2 Å². The fourth-order valence-electron chi connectivity index (χ4n) is 2.53. The Kier molecular flexibility index (Phi) is 4.11. The predicted molar refractivity (Wildman–Crippen MR) is 81.9 cm³/mol. The van der Waals surface area contributed by atoms with Crippen LogP contribution in [-0.2, 0) is 0 Å². The van der Waals surface area contributed by atoms with Gasteiger partial charge in [0, 0.05) is 24.8 Å². The van der Waals surface area contributed by atoms with Crippen LogP contribution in [0.3, 0.4) is 0 Å². The van der Waals surface area contributed by atoms with Crippen LogP contribution in [0.2, 0.25) is 0 Å². The van der Waals surface area contributed by atoms with Gasteiger partial charge in [-0.1, -0.05) is 19.0 Å². The summed E-state index contributed by atoms with van der Waals surface area (Å²) in [6.07, 6.45) is 2.75. The fourth-order valence-corrected chi connectivity index (χ4v) is 2.53. The molecule has 0 radical (unpaired) electrons. The van der Waals surface area contributed by atoms with Crippen LogP contribution in [-0.4, -0.2) is 34.3 Å². The maximum Gasteiger partial charge on any atom is 0.259 e. The minimum Gasteiger partial charge on any atom is -0.396 e. The summed E-state index contributed by atoms with van der Waals surface area (Å²) in [5.74, 6) is 0.424. The monoisotopic (exact) mass is 303 g/mol. The van der Waals surface area contributed by atoms with Crippen LogP contribution in [0.5, 0.6) is 0 Å². The molecule has 0 unspecified atom stereocenters. The first-order valence-electron chi connectivity index (χ1n) is 7.81. The third kappa shape index (κ3) is 2.83. The normalized spacial score (nSPS) is 14.7. The zero-order valence-corrected chi connectivity index (χ0v) is 12.9. The third-order valence-electron chi connectivity index (χ3n) is 3.90. The highest BCUT2D eigenvalue weighted by atomic mass is 16.5. The van der Waals surface area contributed by atoms with E-state index in [0.717, 1.165) is 24.2 Å². The molecule has 2 heterocycles. The summed E-state index contributed by atoms with van der Waals surface area (Å²) >= 11 is 0. The lowest BCUT2D eigenvalue weighted by molar-refractivity contribution is 0.0952. The van der Waals surface area contributed by atoms with Crippen molar-refractivity contribution in [2.24, 2.45) is 0 Å². The van der Waals surface area contributed by atoms with E-state index in [4.69, 9.17) is 9.63 Å². The van der Waals surface area contributed by atoms with Gasteiger partial charge in [0.05, 0.1) is 16.6 Å². The molecule has 6 heteroatoms. The molecule has 1 amide bonds. The number of nitrogens with one attached hydrogen (secondary N) is 1. The molecule has 1 aliphatic rings. The standard InChI is InChI=1S/C16H21N3O3/c1-9(2)14-13-11(15(21)17-6-3-7-20)8-12(10-4-5-10)18-16(13)22-19-14/h8-10,20H,3-7H2,1-2H3,(H,17,21). The number of hydrogen-bond acceptors (Lipinski definition) is 5. The van der Waals surface area contributed by atoms with Crippen molar-refractivity contribution in [1.82, 2.24) is 15.5 Å². The lowest BCUT2D eigenvalue weighted by Crippen LogP contribution is -2.25. The molecule has 118 valence electrons. The number of carbonyl (C=O) groups excluding carboxylic acids is 1. The second-order valence-electron chi connectivity index (χ2n) is 6.10. The highest BCUT2D eigenvalue weighted by Crippen LogP contribution is 2.41. The quantitative estimate of drug-likeness (QED) is 0.800. The predicted octanol–water partition coefficient (Wildman–Crippen LogP) is 2.34. The molecule has 1 saturated carbocycles. The van der Waals surface area contributed by atoms with Gasteiger partial charge in [0.15, 0.2) is 0 Å². The number of hydrogen-bond donors (Lipinski definition) is 2. The largest absolute Gasteiger partial charge is 0.396 e. The minimum absolute atomic E-state index is 0.0594. The molecule has 2 aromatic rings. The Morgan fingerprint density at radius 1 is 1.50 bits per heavy atom. The molecule has 2 N–H and O–H groups in total. The molecular weight excluding hydrogens is 282 g/mol. The minimum atomic E-state index is -0.159. The number of rotatable bonds is 6. The summed E-state index contributed by atoms with van der Waals surface area (Å²) in [7, 11) is 0. The van der Waals surface area contributed by atoms with Crippen LogP contribution >= 0.6 is 0 Å². The maximum absolute atomic E-state index is 12.5. The maximum atomic E-state index is 12.5. The van der Waals surface area contributed by atoms with Crippen molar-refractivity contribution in [2.45, 2.75) is 44.9 Å². The van der Waals surface area contributed by atoms with Gasteiger partial charge in [-0.3, -0.25) is 4.79 Å². The second-order valence-corrected chi connectivity index (χ2v) is 6.10. The van der Waals surface area contributed by atoms with Crippen LogP contribution in [0.15, 0.2) is 10.6 Å². The van der Waals surface area contributed by atoms with Crippen molar-refractivity contribution < 1.29 is 14.4 Å². The first-order chi connectivity index (χ1) is 10.6. The second kappa shape index (κ2) is 6.04. The highest BCUT2D eigenvalue weighted by molar-refractivity contribution is 6.06. The van der Waals surface area contributed by atoms with Gasteiger partial charge in [-0.2, -0.15) is 0 Å². The van der Waals surface area contributed by atoms with E-state index < -0.39 is 0 Å². The summed E-state index contributed by atoms with van der Waals surface area (Å²) < 4.78 is 5.36. The van der Waals surface area contributed by atoms with Gasteiger partial charge in [-0.25, -0.2) is 4.98 Å². The van der Waals surface area contributed by atoms with E-state index in [9.17, 15) is 4.79 Å². The molecule has 0 bridgehead atoms. The number of nitrogens with zero attached hydrogens (tertiary/aromatic N) is 2. The molecule has 6 nitrogen and oxygen atoms in total. The number of aliphatic hydroxyl groups is 1. The van der Waals surface area contributed by atoms with Gasteiger partial charge < -0.3 is 14.9 Å². The van der Waals surface area contributed by atoms with Gasteiger partial charge >= 0.3 is 0 Å². The van der Waals surface area contributed by atoms with Crippen LogP contribution < -0.4 is 5.32 Å². The Hall–Kier alpha value is -1.95. The van der Waals surface area contributed by atoms with Gasteiger partial charge in [-0.05, 0) is 31.2 Å². The molecule has 1 fully saturated rings. The third-order valence-corrected chi connectivity index (χ3v) is 3.90. The number of aliphatic hydroxyl groups excluding tert-OH is 1. The van der Waals surface area contributed by atoms with Crippen molar-refractivity contribution in [3.8, 4) is 0 Å². The van der Waals surface area contributed by atoms with Gasteiger partial charge in [0.25, 0.3) is 11.6 Å². The molecular formula is C16H21N3O3. The van der Waals surface area contributed by atoms with E-state index in [0.29, 0.717) is 35.5 Å². The van der Waals surface area contributed by atoms with E-state index >= 15 is 0 Å². The van der Waals surface area contributed by atoms with Crippen molar-refractivity contribution in [1.29, 1.82) is 0 Å². The van der Waals surface area contributed by atoms with Crippen LogP contribution in [0.25, 0.3) is 11.1 Å². The van der Waals surface area contributed by atoms with Gasteiger partial charge in [0.2, 0.25) is 0 Å². The average Bonchev–Trinajstić information content (AvgIpc) is 3.25. The smallest absolute Gasteiger partial charge is 0.259 e. The van der Waals surface area contributed by atoms with Crippen LogP contribution in [0.1, 0.15) is 66.7 Å². The summed E-state index contributed by atoms with van der Waals surface area (Å²) in [5.41, 5.74) is 2.69. The number of aromatic nitrogens is 2. The lowest BCUT2D eigenvalue weighted by atomic mass is 10.0. The Morgan fingerprint density at radius 2 is 2.27 bits per heavy atom. The van der Waals surface area contributed by atoms with E-state index in [-0.39, 0.29) is 18.4 Å². The highest BCUT2D eigenvalue weighted by Gasteiger charge is 2.29. The number of carbonyl (C=O) groups is 1. The fraction of sp³-hybridized carbons (Fsp3) is 0.562. The number of amides is 1. The Bertz CT molecular complexity index is 689. The van der Waals surface area contributed by atoms with Crippen molar-refractivity contribution in [2.75, 3.05) is 13.2 Å². The molecule has 0 aliphatic heterocycles. The number of pyridine rings is 1. The lowest BCUT2D eigenvalue weighted by Gasteiger charge is -2.08. The Labute approximate surface area is 128 Å².